The van der Waals surface area contributed by atoms with E-state index in [9.17, 15) is 23.1 Å². The Morgan fingerprint density at radius 1 is 1.58 bits per heavy atom. The molecule has 4 nitrogen and oxygen atoms in total. The van der Waals surface area contributed by atoms with Crippen LogP contribution in [0.3, 0.4) is 0 Å². The molecule has 0 unspecified atom stereocenters. The molecule has 0 spiro atoms. The Hall–Kier alpha value is -1.28. The number of esters is 1. The molecule has 0 aliphatic heterocycles. The third kappa shape index (κ3) is 3.01. The molecule has 0 aliphatic carbocycles. The van der Waals surface area contributed by atoms with Gasteiger partial charge in [0, 0.05) is 10.0 Å². The number of nitrogens with two attached hydrogens (primary N) is 1. The molecule has 0 amide bonds. The Kier molecular flexibility index (Phi) is 4.81. The fourth-order valence-corrected chi connectivity index (χ4v) is 1.95. The molecular formula is C11H11BrF3NO3. The van der Waals surface area contributed by atoms with Gasteiger partial charge >= 0.3 is 11.9 Å². The number of alkyl halides is 2. The van der Waals surface area contributed by atoms with Crippen LogP contribution in [0.25, 0.3) is 0 Å². The minimum Gasteiger partial charge on any atom is -0.505 e. The molecule has 1 rings (SSSR count). The molecule has 1 aromatic carbocycles. The molecule has 0 radical (unpaired) electrons. The number of rotatable bonds is 4. The summed E-state index contributed by atoms with van der Waals surface area (Å²) in [6.45, 7) is 1.10. The minimum atomic E-state index is -4.09. The minimum absolute atomic E-state index is 0.0390. The molecule has 0 bridgehead atoms. The van der Waals surface area contributed by atoms with E-state index in [1.807, 2.05) is 0 Å². The summed E-state index contributed by atoms with van der Waals surface area (Å²) in [6, 6.07) is -0.263. The van der Waals surface area contributed by atoms with Crippen molar-refractivity contribution in [2.75, 3.05) is 6.61 Å². The summed E-state index contributed by atoms with van der Waals surface area (Å²) < 4.78 is 44.8. The molecule has 1 atom stereocenters. The predicted molar refractivity (Wildman–Crippen MR) is 64.3 cm³/mol. The fraction of sp³-hybridized carbons (Fsp3) is 0.364. The van der Waals surface area contributed by atoms with Gasteiger partial charge in [0.1, 0.15) is 6.04 Å². The number of halogens is 4. The van der Waals surface area contributed by atoms with Gasteiger partial charge in [-0.3, -0.25) is 0 Å². The topological polar surface area (TPSA) is 72.5 Å². The zero-order valence-electron chi connectivity index (χ0n) is 9.79. The van der Waals surface area contributed by atoms with Crippen molar-refractivity contribution in [1.82, 2.24) is 0 Å². The summed E-state index contributed by atoms with van der Waals surface area (Å²) in [7, 11) is 0. The van der Waals surface area contributed by atoms with Gasteiger partial charge in [0.05, 0.1) is 6.61 Å². The number of phenols is 1. The van der Waals surface area contributed by atoms with Crippen LogP contribution in [0.4, 0.5) is 13.2 Å². The second-order valence-electron chi connectivity index (χ2n) is 3.61. The van der Waals surface area contributed by atoms with E-state index in [1.165, 1.54) is 6.92 Å². The number of benzene rings is 1. The van der Waals surface area contributed by atoms with Gasteiger partial charge in [0.25, 0.3) is 0 Å². The Bertz CT molecular complexity index is 496. The van der Waals surface area contributed by atoms with E-state index in [4.69, 9.17) is 5.73 Å². The predicted octanol–water partition coefficient (Wildman–Crippen LogP) is 2.49. The maximum absolute atomic E-state index is 13.7. The van der Waals surface area contributed by atoms with Crippen molar-refractivity contribution in [1.29, 1.82) is 0 Å². The molecule has 0 aliphatic rings. The third-order valence-corrected chi connectivity index (χ3v) is 3.06. The lowest BCUT2D eigenvalue weighted by Crippen LogP contribution is -2.42. The van der Waals surface area contributed by atoms with Gasteiger partial charge < -0.3 is 15.6 Å². The zero-order valence-corrected chi connectivity index (χ0v) is 11.4. The van der Waals surface area contributed by atoms with Crippen molar-refractivity contribution in [3.05, 3.63) is 28.0 Å². The SMILES string of the molecule is CCOC(=O)C(F)(F)[C@H](N)c1c(Br)ccc(F)c1O. The number of phenolic OH excluding ortho intramolecular Hbond substituents is 1. The highest BCUT2D eigenvalue weighted by Crippen LogP contribution is 2.40. The van der Waals surface area contributed by atoms with Gasteiger partial charge in [-0.15, -0.1) is 0 Å². The average molecular weight is 342 g/mol. The van der Waals surface area contributed by atoms with Crippen LogP contribution < -0.4 is 5.73 Å². The molecule has 0 saturated carbocycles. The summed E-state index contributed by atoms with van der Waals surface area (Å²) in [5.74, 6) is -8.08. The van der Waals surface area contributed by atoms with E-state index >= 15 is 0 Å². The molecule has 1 aromatic rings. The van der Waals surface area contributed by atoms with Crippen LogP contribution in [0, 0.1) is 5.82 Å². The van der Waals surface area contributed by atoms with Crippen LogP contribution in [0.5, 0.6) is 5.75 Å². The molecule has 0 aromatic heterocycles. The van der Waals surface area contributed by atoms with Crippen molar-refractivity contribution in [3.63, 3.8) is 0 Å². The number of hydrogen-bond acceptors (Lipinski definition) is 4. The Morgan fingerprint density at radius 3 is 2.68 bits per heavy atom. The van der Waals surface area contributed by atoms with E-state index in [2.05, 4.69) is 20.7 Å². The summed E-state index contributed by atoms with van der Waals surface area (Å²) in [5, 5.41) is 9.45. The first-order chi connectivity index (χ1) is 8.73. The van der Waals surface area contributed by atoms with Crippen molar-refractivity contribution >= 4 is 21.9 Å². The van der Waals surface area contributed by atoms with E-state index in [0.717, 1.165) is 12.1 Å². The smallest absolute Gasteiger partial charge is 0.379 e. The molecule has 0 heterocycles. The van der Waals surface area contributed by atoms with Crippen molar-refractivity contribution < 1.29 is 27.8 Å². The molecule has 0 saturated heterocycles. The molecule has 19 heavy (non-hydrogen) atoms. The normalized spacial score (nSPS) is 13.2. The number of aromatic hydroxyl groups is 1. The highest BCUT2D eigenvalue weighted by atomic mass is 79.9. The average Bonchev–Trinajstić information content (AvgIpc) is 2.34. The van der Waals surface area contributed by atoms with Crippen LogP contribution in [0.1, 0.15) is 18.5 Å². The zero-order chi connectivity index (χ0) is 14.8. The number of carbonyl (C=O) groups is 1. The lowest BCUT2D eigenvalue weighted by Gasteiger charge is -2.23. The first kappa shape index (κ1) is 15.8. The van der Waals surface area contributed by atoms with Crippen LogP contribution >= 0.6 is 15.9 Å². The van der Waals surface area contributed by atoms with Gasteiger partial charge in [-0.1, -0.05) is 15.9 Å². The fourth-order valence-electron chi connectivity index (χ4n) is 1.39. The van der Waals surface area contributed by atoms with E-state index < -0.39 is 35.1 Å². The van der Waals surface area contributed by atoms with Gasteiger partial charge in [-0.25, -0.2) is 9.18 Å². The van der Waals surface area contributed by atoms with E-state index in [1.54, 1.807) is 0 Å². The first-order valence-electron chi connectivity index (χ1n) is 5.20. The van der Waals surface area contributed by atoms with Crippen LogP contribution in [0.15, 0.2) is 16.6 Å². The summed E-state index contributed by atoms with van der Waals surface area (Å²) in [4.78, 5) is 11.1. The summed E-state index contributed by atoms with van der Waals surface area (Å²) in [6.07, 6.45) is 0. The summed E-state index contributed by atoms with van der Waals surface area (Å²) in [5.41, 5.74) is 4.67. The maximum atomic E-state index is 13.7. The maximum Gasteiger partial charge on any atom is 0.379 e. The standard InChI is InChI=1S/C11H11BrF3NO3/c1-2-19-10(18)11(14,15)9(16)7-5(12)3-4-6(13)8(7)17/h3-4,9,17H,2,16H2,1H3/t9-/m1/s1. The highest BCUT2D eigenvalue weighted by Gasteiger charge is 2.49. The monoisotopic (exact) mass is 341 g/mol. The van der Waals surface area contributed by atoms with Crippen molar-refractivity contribution in [2.24, 2.45) is 5.73 Å². The third-order valence-electron chi connectivity index (χ3n) is 2.36. The largest absolute Gasteiger partial charge is 0.505 e. The molecule has 3 N–H and O–H groups in total. The van der Waals surface area contributed by atoms with Crippen LogP contribution in [-0.2, 0) is 9.53 Å². The van der Waals surface area contributed by atoms with Gasteiger partial charge in [-0.05, 0) is 19.1 Å². The molecule has 106 valence electrons. The molecular weight excluding hydrogens is 331 g/mol. The van der Waals surface area contributed by atoms with Gasteiger partial charge in [0.15, 0.2) is 11.6 Å². The summed E-state index contributed by atoms with van der Waals surface area (Å²) >= 11 is 2.87. The second-order valence-corrected chi connectivity index (χ2v) is 4.47. The molecule has 0 fully saturated rings. The van der Waals surface area contributed by atoms with E-state index in [0.29, 0.717) is 0 Å². The van der Waals surface area contributed by atoms with Crippen LogP contribution in [0.2, 0.25) is 0 Å². The Labute approximate surface area is 115 Å². The quantitative estimate of drug-likeness (QED) is 0.825. The van der Waals surface area contributed by atoms with E-state index in [-0.39, 0.29) is 11.1 Å². The van der Waals surface area contributed by atoms with Crippen molar-refractivity contribution in [2.45, 2.75) is 18.9 Å². The second kappa shape index (κ2) is 5.79. The first-order valence-corrected chi connectivity index (χ1v) is 6.00. The van der Waals surface area contributed by atoms with Gasteiger partial charge in [0.2, 0.25) is 0 Å². The number of ether oxygens (including phenoxy) is 1. The number of carbonyl (C=O) groups excluding carboxylic acids is 1. The lowest BCUT2D eigenvalue weighted by molar-refractivity contribution is -0.174. The Morgan fingerprint density at radius 2 is 2.16 bits per heavy atom. The number of hydrogen-bond donors (Lipinski definition) is 2. The van der Waals surface area contributed by atoms with Gasteiger partial charge in [-0.2, -0.15) is 8.78 Å². The Balaban J connectivity index is 3.23. The van der Waals surface area contributed by atoms with Crippen molar-refractivity contribution in [3.8, 4) is 5.75 Å². The molecule has 8 heteroatoms. The van der Waals surface area contributed by atoms with Crippen LogP contribution in [-0.4, -0.2) is 23.6 Å². The highest BCUT2D eigenvalue weighted by molar-refractivity contribution is 9.10. The lowest BCUT2D eigenvalue weighted by atomic mass is 10.00.